The molecule has 2 aromatic rings. The second kappa shape index (κ2) is 5.45. The van der Waals surface area contributed by atoms with Crippen molar-refractivity contribution in [2.75, 3.05) is 6.61 Å². The molecule has 0 aromatic heterocycles. The highest BCUT2D eigenvalue weighted by atomic mass is 35.5. The molecule has 2 nitrogen and oxygen atoms in total. The van der Waals surface area contributed by atoms with Gasteiger partial charge in [-0.2, -0.15) is 0 Å². The molecule has 3 rings (SSSR count). The average Bonchev–Trinajstić information content (AvgIpc) is 2.87. The van der Waals surface area contributed by atoms with Crippen LogP contribution in [0.25, 0.3) is 0 Å². The molecule has 1 atom stereocenters. The van der Waals surface area contributed by atoms with Crippen LogP contribution in [0.5, 0.6) is 5.75 Å². The molecule has 0 radical (unpaired) electrons. The number of nitrogens with two attached hydrogens (primary N) is 1. The highest BCUT2D eigenvalue weighted by Crippen LogP contribution is 2.39. The zero-order valence-electron chi connectivity index (χ0n) is 10.5. The van der Waals surface area contributed by atoms with Gasteiger partial charge in [0.1, 0.15) is 5.75 Å². The van der Waals surface area contributed by atoms with Crippen molar-refractivity contribution in [2.24, 2.45) is 5.73 Å². The van der Waals surface area contributed by atoms with E-state index >= 15 is 0 Å². The molecule has 0 bridgehead atoms. The summed E-state index contributed by atoms with van der Waals surface area (Å²) in [5.41, 5.74) is 9.04. The van der Waals surface area contributed by atoms with E-state index in [-0.39, 0.29) is 0 Å². The van der Waals surface area contributed by atoms with Crippen molar-refractivity contribution in [1.29, 1.82) is 0 Å². The van der Waals surface area contributed by atoms with E-state index in [2.05, 4.69) is 0 Å². The van der Waals surface area contributed by atoms with Gasteiger partial charge in [0.25, 0.3) is 0 Å². The minimum Gasteiger partial charge on any atom is -0.493 e. The van der Waals surface area contributed by atoms with E-state index in [1.165, 1.54) is 0 Å². The highest BCUT2D eigenvalue weighted by molar-refractivity contribution is 6.33. The summed E-state index contributed by atoms with van der Waals surface area (Å²) < 4.78 is 5.68. The van der Waals surface area contributed by atoms with E-state index in [0.29, 0.717) is 21.7 Å². The molecule has 0 spiro atoms. The number of hydrogen-bond donors (Lipinski definition) is 1. The molecule has 2 aromatic carbocycles. The lowest BCUT2D eigenvalue weighted by Gasteiger charge is -2.18. The third-order valence-corrected chi connectivity index (χ3v) is 4.20. The molecule has 20 heavy (non-hydrogen) atoms. The van der Waals surface area contributed by atoms with Crippen molar-refractivity contribution < 1.29 is 4.74 Å². The molecule has 1 unspecified atom stereocenters. The smallest absolute Gasteiger partial charge is 0.127 e. The van der Waals surface area contributed by atoms with Crippen LogP contribution in [0.3, 0.4) is 0 Å². The normalized spacial score (nSPS) is 14.8. The number of rotatable bonds is 2. The minimum absolute atomic E-state index is 0.424. The largest absolute Gasteiger partial charge is 0.493 e. The Morgan fingerprint density at radius 3 is 2.55 bits per heavy atom. The van der Waals surface area contributed by atoms with Crippen LogP contribution in [0.15, 0.2) is 30.3 Å². The Hall–Kier alpha value is -0.930. The summed E-state index contributed by atoms with van der Waals surface area (Å²) in [6.45, 7) is 0.651. The van der Waals surface area contributed by atoms with Gasteiger partial charge in [0.2, 0.25) is 0 Å². The Bertz CT molecular complexity index is 672. The van der Waals surface area contributed by atoms with Gasteiger partial charge in [-0.15, -0.1) is 0 Å². The fourth-order valence-electron chi connectivity index (χ4n) is 2.45. The van der Waals surface area contributed by atoms with Gasteiger partial charge in [-0.3, -0.25) is 0 Å². The van der Waals surface area contributed by atoms with Gasteiger partial charge in [-0.05, 0) is 41.5 Å². The molecule has 1 heterocycles. The number of fused-ring (bicyclic) bond motifs is 1. The molecule has 0 amide bonds. The van der Waals surface area contributed by atoms with Crippen molar-refractivity contribution in [2.45, 2.75) is 12.5 Å². The van der Waals surface area contributed by atoms with E-state index in [1.807, 2.05) is 12.1 Å². The van der Waals surface area contributed by atoms with Crippen LogP contribution in [0.2, 0.25) is 15.1 Å². The minimum atomic E-state index is -0.424. The lowest BCUT2D eigenvalue weighted by atomic mass is 9.96. The zero-order chi connectivity index (χ0) is 14.3. The second-order valence-electron chi connectivity index (χ2n) is 4.73. The van der Waals surface area contributed by atoms with E-state index < -0.39 is 6.04 Å². The first kappa shape index (κ1) is 14.0. The summed E-state index contributed by atoms with van der Waals surface area (Å²) in [4.78, 5) is 0. The predicted octanol–water partition coefficient (Wildman–Crippen LogP) is 4.63. The summed E-state index contributed by atoms with van der Waals surface area (Å²) in [5, 5.41) is 1.82. The second-order valence-corrected chi connectivity index (χ2v) is 6.01. The van der Waals surface area contributed by atoms with Crippen LogP contribution in [0.4, 0.5) is 0 Å². The molecule has 1 aliphatic heterocycles. The molecule has 2 N–H and O–H groups in total. The molecule has 5 heteroatoms. The topological polar surface area (TPSA) is 35.2 Å². The van der Waals surface area contributed by atoms with Gasteiger partial charge in [0.05, 0.1) is 12.6 Å². The molecular weight excluding hydrogens is 317 g/mol. The predicted molar refractivity (Wildman–Crippen MR) is 83.1 cm³/mol. The molecule has 1 aliphatic rings. The van der Waals surface area contributed by atoms with Crippen LogP contribution in [-0.4, -0.2) is 6.61 Å². The lowest BCUT2D eigenvalue weighted by Crippen LogP contribution is -2.13. The Morgan fingerprint density at radius 2 is 1.75 bits per heavy atom. The number of ether oxygens (including phenoxy) is 1. The summed E-state index contributed by atoms with van der Waals surface area (Å²) in [6.07, 6.45) is 0.846. The average molecular weight is 329 g/mol. The van der Waals surface area contributed by atoms with Crippen LogP contribution < -0.4 is 10.5 Å². The fraction of sp³-hybridized carbons (Fsp3) is 0.200. The number of hydrogen-bond acceptors (Lipinski definition) is 2. The van der Waals surface area contributed by atoms with E-state index in [9.17, 15) is 0 Å². The summed E-state index contributed by atoms with van der Waals surface area (Å²) >= 11 is 18.4. The quantitative estimate of drug-likeness (QED) is 0.872. The molecular formula is C15H12Cl3NO. The maximum atomic E-state index is 6.35. The maximum absolute atomic E-state index is 6.35. The van der Waals surface area contributed by atoms with Crippen LogP contribution in [0, 0.1) is 0 Å². The van der Waals surface area contributed by atoms with Crippen molar-refractivity contribution in [1.82, 2.24) is 0 Å². The van der Waals surface area contributed by atoms with E-state index in [1.54, 1.807) is 18.2 Å². The Balaban J connectivity index is 2.11. The number of halogens is 3. The molecule has 0 aliphatic carbocycles. The van der Waals surface area contributed by atoms with Crippen molar-refractivity contribution >= 4 is 34.8 Å². The number of benzene rings is 2. The highest BCUT2D eigenvalue weighted by Gasteiger charge is 2.23. The van der Waals surface area contributed by atoms with E-state index in [0.717, 1.165) is 28.9 Å². The molecule has 0 saturated carbocycles. The fourth-order valence-corrected chi connectivity index (χ4v) is 3.11. The first-order valence-electron chi connectivity index (χ1n) is 6.22. The van der Waals surface area contributed by atoms with Crippen molar-refractivity contribution in [3.05, 3.63) is 62.1 Å². The first-order valence-corrected chi connectivity index (χ1v) is 7.35. The van der Waals surface area contributed by atoms with Crippen LogP contribution >= 0.6 is 34.8 Å². The maximum Gasteiger partial charge on any atom is 0.127 e. The third kappa shape index (κ3) is 2.49. The zero-order valence-corrected chi connectivity index (χ0v) is 12.8. The summed E-state index contributed by atoms with van der Waals surface area (Å²) in [5.74, 6) is 0.818. The van der Waals surface area contributed by atoms with Crippen LogP contribution in [-0.2, 0) is 6.42 Å². The summed E-state index contributed by atoms with van der Waals surface area (Å²) in [7, 11) is 0. The summed E-state index contributed by atoms with van der Waals surface area (Å²) in [6, 6.07) is 8.57. The Kier molecular flexibility index (Phi) is 3.83. The van der Waals surface area contributed by atoms with E-state index in [4.69, 9.17) is 45.3 Å². The van der Waals surface area contributed by atoms with Gasteiger partial charge >= 0.3 is 0 Å². The third-order valence-electron chi connectivity index (χ3n) is 3.41. The Labute approximate surface area is 132 Å². The van der Waals surface area contributed by atoms with Gasteiger partial charge in [0.15, 0.2) is 0 Å². The first-order chi connectivity index (χ1) is 9.56. The van der Waals surface area contributed by atoms with Gasteiger partial charge in [0, 0.05) is 27.1 Å². The standard InChI is InChI=1S/C15H12Cl3NO/c16-9-1-2-13(18)11(6-9)14(19)12-7-10(17)5-8-3-4-20-15(8)12/h1-2,5-7,14H,3-4,19H2. The van der Waals surface area contributed by atoms with Crippen LogP contribution in [0.1, 0.15) is 22.7 Å². The van der Waals surface area contributed by atoms with Crippen molar-refractivity contribution in [3.63, 3.8) is 0 Å². The van der Waals surface area contributed by atoms with Gasteiger partial charge < -0.3 is 10.5 Å². The lowest BCUT2D eigenvalue weighted by molar-refractivity contribution is 0.352. The molecule has 0 saturated heterocycles. The molecule has 104 valence electrons. The van der Waals surface area contributed by atoms with Crippen molar-refractivity contribution in [3.8, 4) is 5.75 Å². The van der Waals surface area contributed by atoms with Gasteiger partial charge in [-0.25, -0.2) is 0 Å². The molecule has 0 fully saturated rings. The monoisotopic (exact) mass is 327 g/mol. The SMILES string of the molecule is NC(c1cc(Cl)ccc1Cl)c1cc(Cl)cc2c1OCC2. The Morgan fingerprint density at radius 1 is 1.00 bits per heavy atom. The van der Waals surface area contributed by atoms with Gasteiger partial charge in [-0.1, -0.05) is 34.8 Å².